The number of hydrogen-bond donors (Lipinski definition) is 2. The average molecular weight is 437 g/mol. The van der Waals surface area contributed by atoms with E-state index in [1.165, 1.54) is 25.1 Å². The predicted molar refractivity (Wildman–Crippen MR) is 105 cm³/mol. The highest BCUT2D eigenvalue weighted by molar-refractivity contribution is 5.83. The van der Waals surface area contributed by atoms with E-state index in [-0.39, 0.29) is 24.3 Å². The maximum absolute atomic E-state index is 12.4. The average Bonchev–Trinajstić information content (AvgIpc) is 2.69. The molecule has 7 nitrogen and oxygen atoms in total. The number of aliphatic hydroxyl groups excluding tert-OH is 1. The van der Waals surface area contributed by atoms with Crippen LogP contribution in [0.1, 0.15) is 6.92 Å². The Hall–Kier alpha value is -3.53. The van der Waals surface area contributed by atoms with Gasteiger partial charge in [0, 0.05) is 18.0 Å². The smallest absolute Gasteiger partial charge is 0.484 e. The molecule has 3 rings (SSSR count). The Bertz CT molecular complexity index is 1120. The lowest BCUT2D eigenvalue weighted by Gasteiger charge is -2.10. The molecule has 0 aliphatic carbocycles. The number of aliphatic hydroxyl groups is 1. The monoisotopic (exact) mass is 437 g/mol. The summed E-state index contributed by atoms with van der Waals surface area (Å²) in [6.45, 7) is 1.35. The molecule has 0 aliphatic heterocycles. The van der Waals surface area contributed by atoms with Gasteiger partial charge in [0.25, 0.3) is 5.91 Å². The first-order valence-corrected chi connectivity index (χ1v) is 9.12. The van der Waals surface area contributed by atoms with Crippen molar-refractivity contribution in [1.29, 1.82) is 0 Å². The number of ether oxygens (including phenoxy) is 2. The Labute approximate surface area is 174 Å². The number of nitrogens with one attached hydrogen (secondary N) is 1. The molecule has 3 aromatic rings. The Morgan fingerprint density at radius 1 is 1.13 bits per heavy atom. The highest BCUT2D eigenvalue weighted by Gasteiger charge is 2.31. The summed E-state index contributed by atoms with van der Waals surface area (Å²) in [5.41, 5.74) is 0.0500. The number of hydrogen-bond acceptors (Lipinski definition) is 6. The Kier molecular flexibility index (Phi) is 6.50. The number of alkyl halides is 3. The van der Waals surface area contributed by atoms with E-state index in [1.807, 2.05) is 0 Å². The molecule has 1 aromatic heterocycles. The van der Waals surface area contributed by atoms with Crippen LogP contribution in [0.15, 0.2) is 57.7 Å². The van der Waals surface area contributed by atoms with Crippen LogP contribution in [0.4, 0.5) is 13.2 Å². The Morgan fingerprint density at radius 2 is 1.81 bits per heavy atom. The van der Waals surface area contributed by atoms with E-state index in [1.54, 1.807) is 18.2 Å². The Balaban J connectivity index is 1.76. The van der Waals surface area contributed by atoms with Crippen LogP contribution in [0.5, 0.6) is 11.5 Å². The lowest BCUT2D eigenvalue weighted by Crippen LogP contribution is -2.34. The van der Waals surface area contributed by atoms with Crippen LogP contribution in [-0.2, 0) is 4.79 Å². The molecule has 0 saturated heterocycles. The summed E-state index contributed by atoms with van der Waals surface area (Å²) in [6, 6.07) is 11.0. The van der Waals surface area contributed by atoms with Gasteiger partial charge in [-0.3, -0.25) is 4.79 Å². The van der Waals surface area contributed by atoms with Crippen LogP contribution < -0.4 is 20.4 Å². The van der Waals surface area contributed by atoms with E-state index >= 15 is 0 Å². The van der Waals surface area contributed by atoms with Crippen molar-refractivity contribution in [2.45, 2.75) is 19.4 Å². The minimum Gasteiger partial charge on any atom is -0.484 e. The van der Waals surface area contributed by atoms with Crippen molar-refractivity contribution in [3.8, 4) is 22.6 Å². The van der Waals surface area contributed by atoms with Gasteiger partial charge in [-0.1, -0.05) is 12.1 Å². The summed E-state index contributed by atoms with van der Waals surface area (Å²) in [6.07, 6.45) is -5.48. The molecule has 0 unspecified atom stereocenters. The second-order valence-electron chi connectivity index (χ2n) is 6.66. The number of benzene rings is 2. The van der Waals surface area contributed by atoms with Gasteiger partial charge in [0.15, 0.2) is 6.61 Å². The number of halogens is 3. The van der Waals surface area contributed by atoms with Crippen LogP contribution in [0, 0.1) is 0 Å². The third-order valence-corrected chi connectivity index (χ3v) is 4.07. The maximum Gasteiger partial charge on any atom is 0.573 e. The van der Waals surface area contributed by atoms with Gasteiger partial charge in [-0.05, 0) is 42.8 Å². The van der Waals surface area contributed by atoms with Crippen molar-refractivity contribution in [3.05, 3.63) is 59.0 Å². The fourth-order valence-electron chi connectivity index (χ4n) is 2.68. The van der Waals surface area contributed by atoms with Crippen molar-refractivity contribution in [3.63, 3.8) is 0 Å². The maximum atomic E-state index is 12.4. The van der Waals surface area contributed by atoms with Gasteiger partial charge in [-0.25, -0.2) is 4.79 Å². The van der Waals surface area contributed by atoms with Crippen molar-refractivity contribution in [2.75, 3.05) is 13.2 Å². The third-order valence-electron chi connectivity index (χ3n) is 4.07. The second kappa shape index (κ2) is 9.09. The second-order valence-corrected chi connectivity index (χ2v) is 6.66. The van der Waals surface area contributed by atoms with Crippen molar-refractivity contribution in [1.82, 2.24) is 5.32 Å². The molecule has 0 saturated carbocycles. The van der Waals surface area contributed by atoms with Gasteiger partial charge < -0.3 is 24.3 Å². The molecule has 10 heteroatoms. The molecule has 31 heavy (non-hydrogen) atoms. The minimum absolute atomic E-state index is 0.0981. The quantitative estimate of drug-likeness (QED) is 0.551. The van der Waals surface area contributed by atoms with Crippen molar-refractivity contribution in [2.24, 2.45) is 0 Å². The summed E-state index contributed by atoms with van der Waals surface area (Å²) < 4.78 is 51.3. The van der Waals surface area contributed by atoms with Gasteiger partial charge in [0.1, 0.15) is 17.1 Å². The Morgan fingerprint density at radius 3 is 2.45 bits per heavy atom. The van der Waals surface area contributed by atoms with E-state index in [4.69, 9.17) is 14.3 Å². The fourth-order valence-corrected chi connectivity index (χ4v) is 2.68. The highest BCUT2D eigenvalue weighted by Crippen LogP contribution is 2.27. The van der Waals surface area contributed by atoms with Gasteiger partial charge in [0.05, 0.1) is 11.7 Å². The van der Waals surface area contributed by atoms with Crippen molar-refractivity contribution < 1.29 is 37.0 Å². The highest BCUT2D eigenvalue weighted by atomic mass is 19.4. The first-order chi connectivity index (χ1) is 14.6. The number of carbonyl (C=O) groups excluding carboxylic acids is 1. The van der Waals surface area contributed by atoms with Crippen LogP contribution in [0.3, 0.4) is 0 Å². The van der Waals surface area contributed by atoms with E-state index in [9.17, 15) is 22.8 Å². The van der Waals surface area contributed by atoms with Gasteiger partial charge >= 0.3 is 12.0 Å². The normalized spacial score (nSPS) is 12.4. The van der Waals surface area contributed by atoms with Crippen LogP contribution in [0.25, 0.3) is 22.1 Å². The van der Waals surface area contributed by atoms with Gasteiger partial charge in [-0.2, -0.15) is 0 Å². The molecule has 2 N–H and O–H groups in total. The van der Waals surface area contributed by atoms with Crippen LogP contribution in [-0.4, -0.2) is 36.6 Å². The molecule has 0 radical (unpaired) electrons. The zero-order valence-electron chi connectivity index (χ0n) is 16.2. The molecule has 0 bridgehead atoms. The number of rotatable bonds is 7. The zero-order chi connectivity index (χ0) is 22.6. The molecule has 0 spiro atoms. The summed E-state index contributed by atoms with van der Waals surface area (Å²) in [7, 11) is 0. The van der Waals surface area contributed by atoms with Crippen molar-refractivity contribution >= 4 is 16.9 Å². The summed E-state index contributed by atoms with van der Waals surface area (Å²) >= 11 is 0. The van der Waals surface area contributed by atoms with E-state index < -0.39 is 29.7 Å². The molecular weight excluding hydrogens is 419 g/mol. The molecule has 0 aliphatic rings. The standard InChI is InChI=1S/C21H18F3NO6/c1-12(26)10-25-19(27)11-29-16-7-4-14-8-17(20(28)30-18(14)9-16)13-2-5-15(6-3-13)31-21(22,23)24/h2-9,12,26H,10-11H2,1H3,(H,25,27)/t12-/m0/s1. The largest absolute Gasteiger partial charge is 0.573 e. The fraction of sp³-hybridized carbons (Fsp3) is 0.238. The first-order valence-electron chi connectivity index (χ1n) is 9.12. The lowest BCUT2D eigenvalue weighted by atomic mass is 10.1. The number of fused-ring (bicyclic) bond motifs is 1. The molecule has 0 fully saturated rings. The van der Waals surface area contributed by atoms with Crippen LogP contribution >= 0.6 is 0 Å². The topological polar surface area (TPSA) is 98.0 Å². The summed E-state index contributed by atoms with van der Waals surface area (Å²) in [5.74, 6) is -0.527. The number of carbonyl (C=O) groups is 1. The minimum atomic E-state index is -4.80. The predicted octanol–water partition coefficient (Wildman–Crippen LogP) is 3.23. The lowest BCUT2D eigenvalue weighted by molar-refractivity contribution is -0.274. The number of amides is 1. The molecule has 2 aromatic carbocycles. The van der Waals surface area contributed by atoms with Gasteiger partial charge in [-0.15, -0.1) is 13.2 Å². The van der Waals surface area contributed by atoms with E-state index in [2.05, 4.69) is 10.1 Å². The van der Waals surface area contributed by atoms with Crippen LogP contribution in [0.2, 0.25) is 0 Å². The first kappa shape index (κ1) is 22.2. The molecular formula is C21H18F3NO6. The molecule has 1 amide bonds. The molecule has 164 valence electrons. The van der Waals surface area contributed by atoms with E-state index in [0.29, 0.717) is 16.7 Å². The third kappa shape index (κ3) is 6.22. The SMILES string of the molecule is C[C@H](O)CNC(=O)COc1ccc2cc(-c3ccc(OC(F)(F)F)cc3)c(=O)oc2c1. The van der Waals surface area contributed by atoms with Gasteiger partial charge in [0.2, 0.25) is 0 Å². The summed E-state index contributed by atoms with van der Waals surface area (Å²) in [5, 5.41) is 12.2. The zero-order valence-corrected chi connectivity index (χ0v) is 16.2. The molecule has 1 atom stereocenters. The summed E-state index contributed by atoms with van der Waals surface area (Å²) in [4.78, 5) is 24.0. The molecule has 1 heterocycles. The van der Waals surface area contributed by atoms with E-state index in [0.717, 1.165) is 12.1 Å².